The molecule has 2 aromatic heterocycles. The third-order valence-corrected chi connectivity index (χ3v) is 4.94. The molecule has 148 valence electrons. The lowest BCUT2D eigenvalue weighted by atomic mass is 10.1. The molecule has 1 aromatic carbocycles. The molecule has 0 amide bonds. The van der Waals surface area contributed by atoms with Crippen molar-refractivity contribution in [1.29, 1.82) is 0 Å². The Morgan fingerprint density at radius 2 is 1.82 bits per heavy atom. The van der Waals surface area contributed by atoms with Crippen LogP contribution in [0.25, 0.3) is 16.9 Å². The molecule has 3 heterocycles. The van der Waals surface area contributed by atoms with E-state index in [1.54, 1.807) is 28.9 Å². The molecule has 0 bridgehead atoms. The van der Waals surface area contributed by atoms with Crippen LogP contribution in [-0.4, -0.2) is 63.9 Å². The number of halogens is 3. The number of aromatic nitrogens is 3. The number of fused-ring (bicyclic) bond motifs is 1. The second kappa shape index (κ2) is 7.40. The van der Waals surface area contributed by atoms with E-state index in [0.717, 1.165) is 44.1 Å². The quantitative estimate of drug-likeness (QED) is 0.741. The van der Waals surface area contributed by atoms with Crippen molar-refractivity contribution in [2.45, 2.75) is 6.18 Å². The maximum atomic E-state index is 13.1. The van der Waals surface area contributed by atoms with Crippen LogP contribution < -0.4 is 4.90 Å². The lowest BCUT2D eigenvalue weighted by Gasteiger charge is -2.35. The minimum Gasteiger partial charge on any atom is -0.395 e. The summed E-state index contributed by atoms with van der Waals surface area (Å²) in [5.74, 6) is 0.797. The summed E-state index contributed by atoms with van der Waals surface area (Å²) in [5, 5.41) is 13.4. The van der Waals surface area contributed by atoms with Crippen molar-refractivity contribution in [3.8, 4) is 11.3 Å². The lowest BCUT2D eigenvalue weighted by Crippen LogP contribution is -2.47. The fraction of sp³-hybridized carbons (Fsp3) is 0.368. The Bertz CT molecular complexity index is 964. The number of anilines is 1. The SMILES string of the molecule is OCCN1CCN(c2cc(-c3cccc(C(F)(F)F)c3)nc3ccnn23)CC1. The normalized spacial score (nSPS) is 16.1. The van der Waals surface area contributed by atoms with E-state index in [-0.39, 0.29) is 6.61 Å². The number of β-amino-alcohol motifs (C(OH)–C–C–N with tert-alkyl or cyclic N) is 1. The van der Waals surface area contributed by atoms with Gasteiger partial charge in [-0.2, -0.15) is 22.8 Å². The zero-order chi connectivity index (χ0) is 19.7. The van der Waals surface area contributed by atoms with Crippen molar-refractivity contribution in [2.75, 3.05) is 44.2 Å². The van der Waals surface area contributed by atoms with Crippen molar-refractivity contribution >= 4 is 11.5 Å². The molecule has 0 saturated carbocycles. The molecule has 0 unspecified atom stereocenters. The van der Waals surface area contributed by atoms with Crippen molar-refractivity contribution in [3.63, 3.8) is 0 Å². The summed E-state index contributed by atoms with van der Waals surface area (Å²) in [6.45, 7) is 3.83. The molecule has 0 radical (unpaired) electrons. The smallest absolute Gasteiger partial charge is 0.395 e. The van der Waals surface area contributed by atoms with Gasteiger partial charge in [-0.25, -0.2) is 4.98 Å². The molecule has 4 rings (SSSR count). The van der Waals surface area contributed by atoms with Gasteiger partial charge < -0.3 is 10.0 Å². The third-order valence-electron chi connectivity index (χ3n) is 4.94. The van der Waals surface area contributed by atoms with Gasteiger partial charge in [-0.3, -0.25) is 4.90 Å². The topological polar surface area (TPSA) is 56.9 Å². The molecular formula is C19H20F3N5O. The first-order valence-corrected chi connectivity index (χ1v) is 9.06. The molecule has 9 heteroatoms. The van der Waals surface area contributed by atoms with Gasteiger partial charge in [0.1, 0.15) is 5.82 Å². The lowest BCUT2D eigenvalue weighted by molar-refractivity contribution is -0.137. The Kier molecular flexibility index (Phi) is 4.94. The highest BCUT2D eigenvalue weighted by molar-refractivity contribution is 5.67. The number of rotatable bonds is 4. The van der Waals surface area contributed by atoms with Gasteiger partial charge in [0.05, 0.1) is 24.1 Å². The summed E-state index contributed by atoms with van der Waals surface area (Å²) in [6, 6.07) is 8.74. The Hall–Kier alpha value is -2.65. The van der Waals surface area contributed by atoms with E-state index in [1.165, 1.54) is 6.07 Å². The van der Waals surface area contributed by atoms with Gasteiger partial charge in [-0.15, -0.1) is 0 Å². The number of aliphatic hydroxyl groups excluding tert-OH is 1. The van der Waals surface area contributed by atoms with Crippen LogP contribution >= 0.6 is 0 Å². The summed E-state index contributed by atoms with van der Waals surface area (Å²) in [6.07, 6.45) is -2.77. The summed E-state index contributed by atoms with van der Waals surface area (Å²) < 4.78 is 41.0. The van der Waals surface area contributed by atoms with Crippen molar-refractivity contribution in [2.24, 2.45) is 0 Å². The van der Waals surface area contributed by atoms with Crippen LogP contribution in [0.15, 0.2) is 42.6 Å². The maximum Gasteiger partial charge on any atom is 0.416 e. The summed E-state index contributed by atoms with van der Waals surface area (Å²) in [4.78, 5) is 8.81. The molecule has 1 fully saturated rings. The average molecular weight is 391 g/mol. The molecule has 3 aromatic rings. The van der Waals surface area contributed by atoms with E-state index in [2.05, 4.69) is 19.9 Å². The Balaban J connectivity index is 1.71. The summed E-state index contributed by atoms with van der Waals surface area (Å²) >= 11 is 0. The molecule has 0 spiro atoms. The summed E-state index contributed by atoms with van der Waals surface area (Å²) in [5.41, 5.74) is 0.785. The molecule has 1 aliphatic rings. The second-order valence-electron chi connectivity index (χ2n) is 6.73. The van der Waals surface area contributed by atoms with Crippen LogP contribution in [0.3, 0.4) is 0 Å². The zero-order valence-electron chi connectivity index (χ0n) is 15.1. The summed E-state index contributed by atoms with van der Waals surface area (Å²) in [7, 11) is 0. The second-order valence-corrected chi connectivity index (χ2v) is 6.73. The van der Waals surface area contributed by atoms with Crippen LogP contribution in [0, 0.1) is 0 Å². The number of alkyl halides is 3. The van der Waals surface area contributed by atoms with Gasteiger partial charge in [-0.1, -0.05) is 12.1 Å². The number of piperazine rings is 1. The van der Waals surface area contributed by atoms with E-state index < -0.39 is 11.7 Å². The first kappa shape index (κ1) is 18.7. The van der Waals surface area contributed by atoms with Gasteiger partial charge in [0, 0.05) is 50.4 Å². The number of benzene rings is 1. The van der Waals surface area contributed by atoms with Gasteiger partial charge in [0.15, 0.2) is 5.65 Å². The molecule has 28 heavy (non-hydrogen) atoms. The molecular weight excluding hydrogens is 371 g/mol. The van der Waals surface area contributed by atoms with Crippen LogP contribution in [0.2, 0.25) is 0 Å². The van der Waals surface area contributed by atoms with E-state index in [4.69, 9.17) is 5.11 Å². The fourth-order valence-corrected chi connectivity index (χ4v) is 3.47. The average Bonchev–Trinajstić information content (AvgIpc) is 3.16. The third kappa shape index (κ3) is 3.67. The van der Waals surface area contributed by atoms with Crippen LogP contribution in [-0.2, 0) is 6.18 Å². The molecule has 0 atom stereocenters. The van der Waals surface area contributed by atoms with Gasteiger partial charge in [0.2, 0.25) is 0 Å². The first-order valence-electron chi connectivity index (χ1n) is 9.06. The minimum absolute atomic E-state index is 0.123. The molecule has 1 aliphatic heterocycles. The molecule has 6 nitrogen and oxygen atoms in total. The highest BCUT2D eigenvalue weighted by atomic mass is 19.4. The maximum absolute atomic E-state index is 13.1. The van der Waals surface area contributed by atoms with Crippen LogP contribution in [0.4, 0.5) is 19.0 Å². The predicted molar refractivity (Wildman–Crippen MR) is 99.2 cm³/mol. The minimum atomic E-state index is -4.40. The Morgan fingerprint density at radius 3 is 2.54 bits per heavy atom. The van der Waals surface area contributed by atoms with Crippen LogP contribution in [0.1, 0.15) is 5.56 Å². The van der Waals surface area contributed by atoms with Crippen molar-refractivity contribution in [3.05, 3.63) is 48.2 Å². The number of hydrogen-bond acceptors (Lipinski definition) is 5. The van der Waals surface area contributed by atoms with E-state index in [1.807, 2.05) is 0 Å². The van der Waals surface area contributed by atoms with Gasteiger partial charge in [0.25, 0.3) is 0 Å². The van der Waals surface area contributed by atoms with E-state index in [9.17, 15) is 13.2 Å². The first-order chi connectivity index (χ1) is 13.5. The highest BCUT2D eigenvalue weighted by Crippen LogP contribution is 2.33. The Labute approximate surface area is 159 Å². The monoisotopic (exact) mass is 391 g/mol. The molecule has 1 N–H and O–H groups in total. The molecule has 0 aliphatic carbocycles. The predicted octanol–water partition coefficient (Wildman–Crippen LogP) is 2.53. The van der Waals surface area contributed by atoms with Gasteiger partial charge >= 0.3 is 6.18 Å². The van der Waals surface area contributed by atoms with Crippen molar-refractivity contribution < 1.29 is 18.3 Å². The zero-order valence-corrected chi connectivity index (χ0v) is 15.1. The molecule has 1 saturated heterocycles. The standard InChI is InChI=1S/C19H20F3N5O/c20-19(21,22)15-3-1-2-14(12-15)16-13-18(27-17(24-16)4-5-23-27)26-8-6-25(7-9-26)10-11-28/h1-5,12-13,28H,6-11H2. The fourth-order valence-electron chi connectivity index (χ4n) is 3.47. The number of nitrogens with zero attached hydrogens (tertiary/aromatic N) is 5. The van der Waals surface area contributed by atoms with E-state index in [0.29, 0.717) is 23.4 Å². The number of aliphatic hydroxyl groups is 1. The van der Waals surface area contributed by atoms with Crippen LogP contribution in [0.5, 0.6) is 0 Å². The number of hydrogen-bond donors (Lipinski definition) is 1. The Morgan fingerprint density at radius 1 is 1.04 bits per heavy atom. The largest absolute Gasteiger partial charge is 0.416 e. The van der Waals surface area contributed by atoms with Crippen molar-refractivity contribution in [1.82, 2.24) is 19.5 Å². The highest BCUT2D eigenvalue weighted by Gasteiger charge is 2.30. The van der Waals surface area contributed by atoms with E-state index >= 15 is 0 Å². The van der Waals surface area contributed by atoms with Gasteiger partial charge in [-0.05, 0) is 12.1 Å².